The third-order valence-electron chi connectivity index (χ3n) is 4.08. The summed E-state index contributed by atoms with van der Waals surface area (Å²) in [5.41, 5.74) is 0. The van der Waals surface area contributed by atoms with E-state index in [0.717, 1.165) is 19.1 Å². The first-order valence-electron chi connectivity index (χ1n) is 6.75. The van der Waals surface area contributed by atoms with Crippen molar-refractivity contribution in [3.8, 4) is 0 Å². The molecule has 1 aromatic rings. The van der Waals surface area contributed by atoms with Crippen molar-refractivity contribution in [3.63, 3.8) is 0 Å². The molecule has 0 aromatic carbocycles. The standard InChI is InChI=1S/C12H21N5/c1-2-7-16-8-4-11(12(16)3-1)13-5-9-17-10-6-14-15-17/h6,10-13H,1-5,7-9H2. The highest BCUT2D eigenvalue weighted by atomic mass is 15.4. The van der Waals surface area contributed by atoms with E-state index in [-0.39, 0.29) is 0 Å². The Hall–Kier alpha value is -0.940. The smallest absolute Gasteiger partial charge is 0.0692 e. The minimum Gasteiger partial charge on any atom is -0.311 e. The Morgan fingerprint density at radius 1 is 1.24 bits per heavy atom. The Kier molecular flexibility index (Phi) is 3.38. The van der Waals surface area contributed by atoms with Crippen LogP contribution in [0, 0.1) is 0 Å². The Balaban J connectivity index is 1.46. The molecule has 2 atom stereocenters. The van der Waals surface area contributed by atoms with Gasteiger partial charge in [-0.25, -0.2) is 0 Å². The maximum absolute atomic E-state index is 3.98. The van der Waals surface area contributed by atoms with Crippen LogP contribution in [0.1, 0.15) is 25.7 Å². The number of hydrogen-bond acceptors (Lipinski definition) is 4. The first kappa shape index (κ1) is 11.2. The van der Waals surface area contributed by atoms with Crippen molar-refractivity contribution in [1.82, 2.24) is 25.2 Å². The summed E-state index contributed by atoms with van der Waals surface area (Å²) in [6, 6.07) is 1.48. The van der Waals surface area contributed by atoms with Crippen molar-refractivity contribution < 1.29 is 0 Å². The maximum atomic E-state index is 3.98. The Labute approximate surface area is 102 Å². The number of aromatic nitrogens is 3. The van der Waals surface area contributed by atoms with Crippen molar-refractivity contribution in [1.29, 1.82) is 0 Å². The van der Waals surface area contributed by atoms with E-state index in [1.165, 1.54) is 38.8 Å². The van der Waals surface area contributed by atoms with E-state index < -0.39 is 0 Å². The molecular formula is C12H21N5. The van der Waals surface area contributed by atoms with E-state index in [9.17, 15) is 0 Å². The van der Waals surface area contributed by atoms with E-state index in [2.05, 4.69) is 20.5 Å². The number of piperidine rings is 1. The van der Waals surface area contributed by atoms with Crippen molar-refractivity contribution in [2.45, 2.75) is 44.3 Å². The number of rotatable bonds is 4. The van der Waals surface area contributed by atoms with Crippen molar-refractivity contribution in [2.75, 3.05) is 19.6 Å². The molecule has 2 aliphatic rings. The summed E-state index contributed by atoms with van der Waals surface area (Å²) >= 11 is 0. The molecule has 5 nitrogen and oxygen atoms in total. The van der Waals surface area contributed by atoms with Crippen LogP contribution in [0.2, 0.25) is 0 Å². The van der Waals surface area contributed by atoms with E-state index in [1.807, 2.05) is 10.9 Å². The number of fused-ring (bicyclic) bond motifs is 1. The van der Waals surface area contributed by atoms with Gasteiger partial charge in [-0.15, -0.1) is 5.10 Å². The van der Waals surface area contributed by atoms with Gasteiger partial charge in [0.1, 0.15) is 0 Å². The third kappa shape index (κ3) is 2.50. The van der Waals surface area contributed by atoms with Crippen LogP contribution in [-0.2, 0) is 6.54 Å². The van der Waals surface area contributed by atoms with E-state index in [4.69, 9.17) is 0 Å². The second-order valence-electron chi connectivity index (χ2n) is 5.11. The molecule has 0 spiro atoms. The average molecular weight is 235 g/mol. The highest BCUT2D eigenvalue weighted by Crippen LogP contribution is 2.26. The van der Waals surface area contributed by atoms with Crippen molar-refractivity contribution >= 4 is 0 Å². The van der Waals surface area contributed by atoms with Crippen LogP contribution >= 0.6 is 0 Å². The molecule has 17 heavy (non-hydrogen) atoms. The SMILES string of the molecule is c1cn(CCNC2CCN3CCCCC23)nn1. The highest BCUT2D eigenvalue weighted by molar-refractivity contribution is 4.93. The monoisotopic (exact) mass is 235 g/mol. The molecule has 0 aliphatic carbocycles. The summed E-state index contributed by atoms with van der Waals surface area (Å²) in [6.45, 7) is 4.51. The third-order valence-corrected chi connectivity index (χ3v) is 4.08. The van der Waals surface area contributed by atoms with Gasteiger partial charge in [0.2, 0.25) is 0 Å². The van der Waals surface area contributed by atoms with E-state index >= 15 is 0 Å². The largest absolute Gasteiger partial charge is 0.311 e. The number of nitrogens with zero attached hydrogens (tertiary/aromatic N) is 4. The van der Waals surface area contributed by atoms with Crippen LogP contribution in [0.25, 0.3) is 0 Å². The van der Waals surface area contributed by atoms with Gasteiger partial charge in [-0.05, 0) is 25.8 Å². The fraction of sp³-hybridized carbons (Fsp3) is 0.833. The van der Waals surface area contributed by atoms with Crippen LogP contribution in [0.3, 0.4) is 0 Å². The molecule has 0 amide bonds. The lowest BCUT2D eigenvalue weighted by molar-refractivity contribution is 0.180. The molecule has 2 fully saturated rings. The fourth-order valence-corrected chi connectivity index (χ4v) is 3.20. The van der Waals surface area contributed by atoms with Gasteiger partial charge in [-0.3, -0.25) is 9.58 Å². The summed E-state index contributed by atoms with van der Waals surface area (Å²) in [7, 11) is 0. The first-order chi connectivity index (χ1) is 8.43. The summed E-state index contributed by atoms with van der Waals surface area (Å²) in [5.74, 6) is 0. The van der Waals surface area contributed by atoms with Gasteiger partial charge in [0.05, 0.1) is 12.7 Å². The normalized spacial score (nSPS) is 29.4. The Morgan fingerprint density at radius 2 is 2.24 bits per heavy atom. The molecule has 0 radical (unpaired) electrons. The average Bonchev–Trinajstić information content (AvgIpc) is 2.99. The molecule has 3 heterocycles. The summed E-state index contributed by atoms with van der Waals surface area (Å²) in [5, 5.41) is 11.5. The molecule has 2 aliphatic heterocycles. The molecule has 1 N–H and O–H groups in total. The number of nitrogens with one attached hydrogen (secondary N) is 1. The molecule has 94 valence electrons. The predicted octanol–water partition coefficient (Wildman–Crippen LogP) is 0.494. The summed E-state index contributed by atoms with van der Waals surface area (Å²) < 4.78 is 1.89. The van der Waals surface area contributed by atoms with E-state index in [0.29, 0.717) is 6.04 Å². The molecule has 5 heteroatoms. The Bertz CT molecular complexity index is 337. The van der Waals surface area contributed by atoms with Gasteiger partial charge in [-0.2, -0.15) is 0 Å². The zero-order valence-electron chi connectivity index (χ0n) is 10.3. The van der Waals surface area contributed by atoms with Crippen molar-refractivity contribution in [3.05, 3.63) is 12.4 Å². The molecule has 3 rings (SSSR count). The summed E-state index contributed by atoms with van der Waals surface area (Å²) in [4.78, 5) is 2.66. The van der Waals surface area contributed by atoms with Crippen LogP contribution in [0.15, 0.2) is 12.4 Å². The minimum absolute atomic E-state index is 0.693. The molecule has 1 aromatic heterocycles. The molecule has 0 saturated carbocycles. The first-order valence-corrected chi connectivity index (χ1v) is 6.75. The van der Waals surface area contributed by atoms with E-state index in [1.54, 1.807) is 6.20 Å². The zero-order valence-corrected chi connectivity index (χ0v) is 10.3. The topological polar surface area (TPSA) is 46.0 Å². The molecular weight excluding hydrogens is 214 g/mol. The number of hydrogen-bond donors (Lipinski definition) is 1. The van der Waals surface area contributed by atoms with Crippen molar-refractivity contribution in [2.24, 2.45) is 0 Å². The second-order valence-corrected chi connectivity index (χ2v) is 5.11. The van der Waals surface area contributed by atoms with Gasteiger partial charge in [0.15, 0.2) is 0 Å². The zero-order chi connectivity index (χ0) is 11.5. The van der Waals surface area contributed by atoms with Gasteiger partial charge in [0, 0.05) is 31.4 Å². The van der Waals surface area contributed by atoms with Gasteiger partial charge >= 0.3 is 0 Å². The van der Waals surface area contributed by atoms with Crippen LogP contribution in [-0.4, -0.2) is 51.6 Å². The predicted molar refractivity (Wildman–Crippen MR) is 65.6 cm³/mol. The van der Waals surface area contributed by atoms with Gasteiger partial charge in [0.25, 0.3) is 0 Å². The Morgan fingerprint density at radius 3 is 3.12 bits per heavy atom. The van der Waals surface area contributed by atoms with Gasteiger partial charge in [-0.1, -0.05) is 11.6 Å². The lowest BCUT2D eigenvalue weighted by atomic mass is 9.99. The lowest BCUT2D eigenvalue weighted by Crippen LogP contribution is -2.45. The lowest BCUT2D eigenvalue weighted by Gasteiger charge is -2.32. The molecule has 2 unspecified atom stereocenters. The highest BCUT2D eigenvalue weighted by Gasteiger charge is 2.34. The van der Waals surface area contributed by atoms with Crippen LogP contribution in [0.5, 0.6) is 0 Å². The van der Waals surface area contributed by atoms with Crippen LogP contribution < -0.4 is 5.32 Å². The summed E-state index contributed by atoms with van der Waals surface area (Å²) in [6.07, 6.45) is 9.13. The minimum atomic E-state index is 0.693. The fourth-order valence-electron chi connectivity index (χ4n) is 3.20. The quantitative estimate of drug-likeness (QED) is 0.825. The van der Waals surface area contributed by atoms with Gasteiger partial charge < -0.3 is 5.32 Å². The maximum Gasteiger partial charge on any atom is 0.0692 e. The molecule has 0 bridgehead atoms. The second kappa shape index (κ2) is 5.14. The molecule has 2 saturated heterocycles. The van der Waals surface area contributed by atoms with Crippen LogP contribution in [0.4, 0.5) is 0 Å².